The zero-order valence-corrected chi connectivity index (χ0v) is 10.1. The average molecular weight is 219 g/mol. The van der Waals surface area contributed by atoms with E-state index in [-0.39, 0.29) is 12.1 Å². The van der Waals surface area contributed by atoms with Gasteiger partial charge in [0.1, 0.15) is 5.75 Å². The van der Waals surface area contributed by atoms with Gasteiger partial charge in [0.25, 0.3) is 0 Å². The molecule has 0 aromatic heterocycles. The third kappa shape index (κ3) is 2.38. The van der Waals surface area contributed by atoms with Crippen molar-refractivity contribution in [2.75, 3.05) is 0 Å². The molecule has 0 unspecified atom stereocenters. The van der Waals surface area contributed by atoms with Crippen LogP contribution in [0.2, 0.25) is 0 Å². The van der Waals surface area contributed by atoms with E-state index in [4.69, 9.17) is 10.5 Å². The van der Waals surface area contributed by atoms with Crippen LogP contribution in [-0.2, 0) is 0 Å². The molecule has 0 radical (unpaired) electrons. The molecule has 1 atom stereocenters. The van der Waals surface area contributed by atoms with E-state index < -0.39 is 0 Å². The molecule has 0 amide bonds. The minimum atomic E-state index is 0.142. The monoisotopic (exact) mass is 219 g/mol. The highest BCUT2D eigenvalue weighted by molar-refractivity contribution is 5.36. The Morgan fingerprint density at radius 3 is 2.50 bits per heavy atom. The lowest BCUT2D eigenvalue weighted by Gasteiger charge is -2.32. The Balaban J connectivity index is 2.17. The molecule has 2 N–H and O–H groups in total. The topological polar surface area (TPSA) is 35.2 Å². The summed E-state index contributed by atoms with van der Waals surface area (Å²) in [5, 5.41) is 0. The summed E-state index contributed by atoms with van der Waals surface area (Å²) in [5.41, 5.74) is 7.46. The summed E-state index contributed by atoms with van der Waals surface area (Å²) >= 11 is 0. The van der Waals surface area contributed by atoms with E-state index in [2.05, 4.69) is 6.07 Å². The van der Waals surface area contributed by atoms with Gasteiger partial charge in [-0.2, -0.15) is 0 Å². The van der Waals surface area contributed by atoms with Gasteiger partial charge in [0.2, 0.25) is 0 Å². The minimum absolute atomic E-state index is 0.142. The lowest BCUT2D eigenvalue weighted by molar-refractivity contribution is 0.225. The first-order valence-electron chi connectivity index (χ1n) is 6.19. The van der Waals surface area contributed by atoms with Gasteiger partial charge >= 0.3 is 0 Å². The molecule has 1 aromatic carbocycles. The fraction of sp³-hybridized carbons (Fsp3) is 0.571. The van der Waals surface area contributed by atoms with Crippen LogP contribution < -0.4 is 10.5 Å². The molecule has 16 heavy (non-hydrogen) atoms. The molecule has 1 aliphatic rings. The quantitative estimate of drug-likeness (QED) is 0.843. The van der Waals surface area contributed by atoms with Gasteiger partial charge in [-0.3, -0.25) is 0 Å². The van der Waals surface area contributed by atoms with Crippen molar-refractivity contribution >= 4 is 0 Å². The first kappa shape index (κ1) is 11.5. The highest BCUT2D eigenvalue weighted by Crippen LogP contribution is 2.39. The number of nitrogens with two attached hydrogens (primary N) is 1. The van der Waals surface area contributed by atoms with Gasteiger partial charge in [-0.15, -0.1) is 0 Å². The van der Waals surface area contributed by atoms with E-state index in [1.807, 2.05) is 32.0 Å². The maximum absolute atomic E-state index is 6.30. The number of para-hydroxylation sites is 1. The summed E-state index contributed by atoms with van der Waals surface area (Å²) in [6.07, 6.45) is 4.05. The summed E-state index contributed by atoms with van der Waals surface area (Å²) in [7, 11) is 0. The predicted octanol–water partition coefficient (Wildman–Crippen LogP) is 3.27. The van der Waals surface area contributed by atoms with Gasteiger partial charge in [-0.05, 0) is 38.7 Å². The highest BCUT2D eigenvalue weighted by Gasteiger charge is 2.27. The molecule has 0 bridgehead atoms. The van der Waals surface area contributed by atoms with Gasteiger partial charge in [0, 0.05) is 11.6 Å². The van der Waals surface area contributed by atoms with Crippen molar-refractivity contribution in [3.05, 3.63) is 29.8 Å². The van der Waals surface area contributed by atoms with E-state index in [0.717, 1.165) is 5.75 Å². The van der Waals surface area contributed by atoms with Crippen molar-refractivity contribution in [3.63, 3.8) is 0 Å². The van der Waals surface area contributed by atoms with E-state index >= 15 is 0 Å². The Labute approximate surface area is 97.8 Å². The van der Waals surface area contributed by atoms with Crippen molar-refractivity contribution in [3.8, 4) is 5.75 Å². The van der Waals surface area contributed by atoms with Crippen molar-refractivity contribution in [2.24, 2.45) is 11.7 Å². The zero-order chi connectivity index (χ0) is 11.5. The van der Waals surface area contributed by atoms with Gasteiger partial charge < -0.3 is 10.5 Å². The predicted molar refractivity (Wildman–Crippen MR) is 66.5 cm³/mol. The second kappa shape index (κ2) is 4.88. The van der Waals surface area contributed by atoms with Gasteiger partial charge in [0.15, 0.2) is 0 Å². The number of hydrogen-bond donors (Lipinski definition) is 1. The Hall–Kier alpha value is -1.02. The van der Waals surface area contributed by atoms with E-state index in [0.29, 0.717) is 5.92 Å². The Bertz CT molecular complexity index is 344. The smallest absolute Gasteiger partial charge is 0.124 e. The van der Waals surface area contributed by atoms with Crippen molar-refractivity contribution in [1.29, 1.82) is 0 Å². The lowest BCUT2D eigenvalue weighted by Crippen LogP contribution is -2.27. The summed E-state index contributed by atoms with van der Waals surface area (Å²) < 4.78 is 5.81. The van der Waals surface area contributed by atoms with Crippen LogP contribution >= 0.6 is 0 Å². The van der Waals surface area contributed by atoms with Crippen LogP contribution in [0.5, 0.6) is 5.75 Å². The lowest BCUT2D eigenvalue weighted by atomic mass is 9.77. The summed E-state index contributed by atoms with van der Waals surface area (Å²) in [6.45, 7) is 4.09. The van der Waals surface area contributed by atoms with Crippen LogP contribution in [0, 0.1) is 5.92 Å². The Morgan fingerprint density at radius 1 is 1.25 bits per heavy atom. The fourth-order valence-electron chi connectivity index (χ4n) is 2.17. The first-order chi connectivity index (χ1) is 7.68. The third-order valence-corrected chi connectivity index (χ3v) is 3.30. The summed E-state index contributed by atoms with van der Waals surface area (Å²) in [5.74, 6) is 1.61. The molecule has 2 nitrogen and oxygen atoms in total. The molecular formula is C14H21NO. The van der Waals surface area contributed by atoms with E-state index in [1.54, 1.807) is 0 Å². The van der Waals surface area contributed by atoms with Crippen molar-refractivity contribution < 1.29 is 4.74 Å². The van der Waals surface area contributed by atoms with Crippen molar-refractivity contribution in [2.45, 2.75) is 45.3 Å². The van der Waals surface area contributed by atoms with Gasteiger partial charge in [0.05, 0.1) is 6.10 Å². The maximum atomic E-state index is 6.30. The molecule has 0 saturated heterocycles. The van der Waals surface area contributed by atoms with Crippen LogP contribution in [0.25, 0.3) is 0 Å². The molecule has 1 aliphatic carbocycles. The standard InChI is InChI=1S/C14H21NO/c1-10(2)16-13-9-4-3-8-12(13)14(15)11-6-5-7-11/h3-4,8-11,14H,5-7,15H2,1-2H3/t14-/m1/s1. The minimum Gasteiger partial charge on any atom is -0.491 e. The molecule has 88 valence electrons. The first-order valence-corrected chi connectivity index (χ1v) is 6.19. The van der Waals surface area contributed by atoms with Gasteiger partial charge in [-0.25, -0.2) is 0 Å². The molecule has 1 saturated carbocycles. The number of ether oxygens (including phenoxy) is 1. The summed E-state index contributed by atoms with van der Waals surface area (Å²) in [4.78, 5) is 0. The van der Waals surface area contributed by atoms with Crippen LogP contribution in [0.1, 0.15) is 44.7 Å². The van der Waals surface area contributed by atoms with Crippen LogP contribution in [0.4, 0.5) is 0 Å². The second-order valence-corrected chi connectivity index (χ2v) is 4.92. The van der Waals surface area contributed by atoms with Crippen LogP contribution in [0.3, 0.4) is 0 Å². The zero-order valence-electron chi connectivity index (χ0n) is 10.1. The average Bonchev–Trinajstić information content (AvgIpc) is 2.14. The fourth-order valence-corrected chi connectivity index (χ4v) is 2.17. The van der Waals surface area contributed by atoms with Crippen molar-refractivity contribution in [1.82, 2.24) is 0 Å². The van der Waals surface area contributed by atoms with E-state index in [1.165, 1.54) is 24.8 Å². The molecule has 1 aromatic rings. The van der Waals surface area contributed by atoms with Gasteiger partial charge in [-0.1, -0.05) is 24.6 Å². The van der Waals surface area contributed by atoms with Crippen LogP contribution in [-0.4, -0.2) is 6.10 Å². The SMILES string of the molecule is CC(C)Oc1ccccc1[C@H](N)C1CCC1. The molecule has 0 heterocycles. The molecule has 1 fully saturated rings. The molecular weight excluding hydrogens is 198 g/mol. The van der Waals surface area contributed by atoms with E-state index in [9.17, 15) is 0 Å². The third-order valence-electron chi connectivity index (χ3n) is 3.30. The molecule has 0 spiro atoms. The molecule has 2 rings (SSSR count). The Morgan fingerprint density at radius 2 is 1.94 bits per heavy atom. The molecule has 2 heteroatoms. The second-order valence-electron chi connectivity index (χ2n) is 4.92. The number of rotatable bonds is 4. The van der Waals surface area contributed by atoms with Crippen LogP contribution in [0.15, 0.2) is 24.3 Å². The Kier molecular flexibility index (Phi) is 3.49. The maximum Gasteiger partial charge on any atom is 0.124 e. The molecule has 0 aliphatic heterocycles. The largest absolute Gasteiger partial charge is 0.491 e. The number of benzene rings is 1. The normalized spacial score (nSPS) is 18.2. The summed E-state index contributed by atoms with van der Waals surface area (Å²) in [6, 6.07) is 8.31. The number of hydrogen-bond acceptors (Lipinski definition) is 2. The highest BCUT2D eigenvalue weighted by atomic mass is 16.5.